The van der Waals surface area contributed by atoms with Crippen molar-refractivity contribution in [3.05, 3.63) is 96.9 Å². The van der Waals surface area contributed by atoms with Crippen molar-refractivity contribution in [3.8, 4) is 22.5 Å². The molecule has 29 heavy (non-hydrogen) atoms. The molecule has 0 aliphatic rings. The maximum atomic E-state index is 4.59. The number of allylic oxidation sites excluding steroid dienone is 1. The third-order valence-corrected chi connectivity index (χ3v) is 4.44. The first-order valence-electron chi connectivity index (χ1n) is 9.24. The van der Waals surface area contributed by atoms with Gasteiger partial charge in [-0.1, -0.05) is 18.7 Å². The highest BCUT2D eigenvalue weighted by Crippen LogP contribution is 2.22. The molecule has 0 radical (unpaired) electrons. The van der Waals surface area contributed by atoms with E-state index in [9.17, 15) is 0 Å². The lowest BCUT2D eigenvalue weighted by Crippen LogP contribution is -2.04. The van der Waals surface area contributed by atoms with Crippen LogP contribution in [-0.4, -0.2) is 25.1 Å². The maximum absolute atomic E-state index is 4.59. The van der Waals surface area contributed by atoms with Gasteiger partial charge in [-0.15, -0.1) is 0 Å². The predicted molar refractivity (Wildman–Crippen MR) is 114 cm³/mol. The van der Waals surface area contributed by atoms with Gasteiger partial charge in [0.05, 0.1) is 23.8 Å². The summed E-state index contributed by atoms with van der Waals surface area (Å²) in [6.45, 7) is 6.17. The van der Waals surface area contributed by atoms with Crippen LogP contribution in [0.25, 0.3) is 22.5 Å². The molecule has 4 aromatic rings. The zero-order chi connectivity index (χ0) is 20.1. The summed E-state index contributed by atoms with van der Waals surface area (Å²) in [4.78, 5) is 13.4. The fourth-order valence-corrected chi connectivity index (χ4v) is 3.09. The molecule has 0 aromatic carbocycles. The first kappa shape index (κ1) is 18.4. The summed E-state index contributed by atoms with van der Waals surface area (Å²) in [5.74, 6) is 0.749. The van der Waals surface area contributed by atoms with Crippen molar-refractivity contribution in [2.24, 2.45) is 0 Å². The number of hydrogen-bond acceptors (Lipinski definition) is 6. The predicted octanol–water partition coefficient (Wildman–Crippen LogP) is 4.47. The molecule has 0 aliphatic carbocycles. The van der Waals surface area contributed by atoms with E-state index >= 15 is 0 Å². The van der Waals surface area contributed by atoms with Crippen LogP contribution in [0.5, 0.6) is 0 Å². The second-order valence-electron chi connectivity index (χ2n) is 6.69. The van der Waals surface area contributed by atoms with Crippen molar-refractivity contribution < 1.29 is 0 Å². The fourth-order valence-electron chi connectivity index (χ4n) is 3.09. The highest BCUT2D eigenvalue weighted by molar-refractivity contribution is 5.62. The number of hydrogen-bond donors (Lipinski definition) is 1. The molecule has 142 valence electrons. The molecule has 0 aliphatic heterocycles. The van der Waals surface area contributed by atoms with E-state index in [-0.39, 0.29) is 0 Å². The summed E-state index contributed by atoms with van der Waals surface area (Å²) in [5.41, 5.74) is 6.76. The lowest BCUT2D eigenvalue weighted by Gasteiger charge is -2.11. The molecule has 0 fully saturated rings. The summed E-state index contributed by atoms with van der Waals surface area (Å²) in [7, 11) is 0. The van der Waals surface area contributed by atoms with E-state index in [2.05, 4.69) is 43.1 Å². The number of pyridine rings is 3. The molecule has 4 rings (SSSR count). The minimum absolute atomic E-state index is 0.659. The molecule has 4 heterocycles. The minimum Gasteiger partial charge on any atom is -0.344 e. The smallest absolute Gasteiger partial charge is 0.130 e. The molecule has 0 spiro atoms. The Morgan fingerprint density at radius 2 is 1.83 bits per heavy atom. The van der Waals surface area contributed by atoms with Crippen molar-refractivity contribution in [3.63, 3.8) is 0 Å². The lowest BCUT2D eigenvalue weighted by molar-refractivity contribution is 1.03. The molecule has 4 aromatic heterocycles. The van der Waals surface area contributed by atoms with Gasteiger partial charge in [0.2, 0.25) is 0 Å². The quantitative estimate of drug-likeness (QED) is 0.532. The Balaban J connectivity index is 1.41. The number of aromatic nitrogens is 5. The van der Waals surface area contributed by atoms with Crippen molar-refractivity contribution >= 4 is 5.82 Å². The largest absolute Gasteiger partial charge is 0.344 e. The van der Waals surface area contributed by atoms with Gasteiger partial charge in [0.25, 0.3) is 0 Å². The minimum atomic E-state index is 0.659. The SMILES string of the molecule is C=C(Cc1cnc(-c2ccnnc2)c(C)c1)Nc1ccc(-c2ccccn2)cn1. The Labute approximate surface area is 169 Å². The van der Waals surface area contributed by atoms with E-state index in [0.29, 0.717) is 6.42 Å². The summed E-state index contributed by atoms with van der Waals surface area (Å²) in [6, 6.07) is 13.8. The molecule has 1 N–H and O–H groups in total. The van der Waals surface area contributed by atoms with Gasteiger partial charge in [0.15, 0.2) is 0 Å². The second kappa shape index (κ2) is 8.39. The number of nitrogens with one attached hydrogen (secondary N) is 1. The van der Waals surface area contributed by atoms with Crippen LogP contribution in [-0.2, 0) is 6.42 Å². The van der Waals surface area contributed by atoms with Gasteiger partial charge in [-0.05, 0) is 48.4 Å². The van der Waals surface area contributed by atoms with Crippen LogP contribution in [0.2, 0.25) is 0 Å². The standard InChI is InChI=1S/C23H20N6/c1-16-11-18(13-26-23(16)20-8-10-27-28-15-20)12-17(2)29-22-7-6-19(14-25-22)21-5-3-4-9-24-21/h3-11,13-15H,2,12H2,1H3,(H,25,29). The monoisotopic (exact) mass is 380 g/mol. The van der Waals surface area contributed by atoms with E-state index in [1.54, 1.807) is 24.8 Å². The third-order valence-electron chi connectivity index (χ3n) is 4.44. The average Bonchev–Trinajstić information content (AvgIpc) is 2.75. The summed E-state index contributed by atoms with van der Waals surface area (Å²) in [6.07, 6.45) is 9.49. The fraction of sp³-hybridized carbons (Fsp3) is 0.0870. The summed E-state index contributed by atoms with van der Waals surface area (Å²) >= 11 is 0. The van der Waals surface area contributed by atoms with Gasteiger partial charge in [-0.25, -0.2) is 4.98 Å². The van der Waals surface area contributed by atoms with Gasteiger partial charge in [-0.2, -0.15) is 10.2 Å². The van der Waals surface area contributed by atoms with Crippen molar-refractivity contribution in [2.75, 3.05) is 5.32 Å². The maximum Gasteiger partial charge on any atom is 0.130 e. The van der Waals surface area contributed by atoms with Crippen LogP contribution >= 0.6 is 0 Å². The number of aryl methyl sites for hydroxylation is 1. The van der Waals surface area contributed by atoms with Crippen LogP contribution in [0.3, 0.4) is 0 Å². The van der Waals surface area contributed by atoms with Crippen molar-refractivity contribution in [1.82, 2.24) is 25.1 Å². The molecule has 0 bridgehead atoms. The molecule has 0 unspecified atom stereocenters. The molecule has 0 atom stereocenters. The molecule has 0 amide bonds. The zero-order valence-electron chi connectivity index (χ0n) is 16.1. The highest BCUT2D eigenvalue weighted by atomic mass is 15.1. The van der Waals surface area contributed by atoms with Gasteiger partial charge in [0.1, 0.15) is 5.82 Å². The second-order valence-corrected chi connectivity index (χ2v) is 6.69. The van der Waals surface area contributed by atoms with Crippen LogP contribution in [0.4, 0.5) is 5.82 Å². The molecule has 6 heteroatoms. The van der Waals surface area contributed by atoms with Crippen LogP contribution < -0.4 is 5.32 Å². The van der Waals surface area contributed by atoms with Crippen LogP contribution in [0.15, 0.2) is 85.7 Å². The summed E-state index contributed by atoms with van der Waals surface area (Å²) < 4.78 is 0. The van der Waals surface area contributed by atoms with Crippen LogP contribution in [0.1, 0.15) is 11.1 Å². The first-order chi connectivity index (χ1) is 14.2. The highest BCUT2D eigenvalue weighted by Gasteiger charge is 2.07. The number of rotatable bonds is 6. The zero-order valence-corrected chi connectivity index (χ0v) is 16.1. The normalized spacial score (nSPS) is 10.5. The Kier molecular flexibility index (Phi) is 5.33. The Bertz CT molecular complexity index is 1110. The van der Waals surface area contributed by atoms with Crippen LogP contribution in [0, 0.1) is 6.92 Å². The van der Waals surface area contributed by atoms with Gasteiger partial charge in [0, 0.05) is 41.8 Å². The Morgan fingerprint density at radius 1 is 0.897 bits per heavy atom. The molecular weight excluding hydrogens is 360 g/mol. The van der Waals surface area contributed by atoms with Crippen molar-refractivity contribution in [1.29, 1.82) is 0 Å². The Morgan fingerprint density at radius 3 is 2.52 bits per heavy atom. The summed E-state index contributed by atoms with van der Waals surface area (Å²) in [5, 5.41) is 11.0. The van der Waals surface area contributed by atoms with E-state index in [4.69, 9.17) is 0 Å². The molecule has 6 nitrogen and oxygen atoms in total. The van der Waals surface area contributed by atoms with Gasteiger partial charge in [-0.3, -0.25) is 9.97 Å². The van der Waals surface area contributed by atoms with E-state index in [1.807, 2.05) is 49.5 Å². The van der Waals surface area contributed by atoms with E-state index in [0.717, 1.165) is 45.2 Å². The van der Waals surface area contributed by atoms with E-state index in [1.165, 1.54) is 0 Å². The first-order valence-corrected chi connectivity index (χ1v) is 9.24. The topological polar surface area (TPSA) is 76.5 Å². The molecule has 0 saturated carbocycles. The van der Waals surface area contributed by atoms with E-state index < -0.39 is 0 Å². The van der Waals surface area contributed by atoms with Gasteiger partial charge < -0.3 is 5.32 Å². The number of nitrogens with zero attached hydrogens (tertiary/aromatic N) is 5. The molecule has 0 saturated heterocycles. The third kappa shape index (κ3) is 4.50. The van der Waals surface area contributed by atoms with Gasteiger partial charge >= 0.3 is 0 Å². The molecular formula is C23H20N6. The average molecular weight is 380 g/mol. The number of anilines is 1. The Hall–Kier alpha value is -3.93. The lowest BCUT2D eigenvalue weighted by atomic mass is 10.1. The van der Waals surface area contributed by atoms with Crippen molar-refractivity contribution in [2.45, 2.75) is 13.3 Å².